The Labute approximate surface area is 186 Å². The maximum absolute atomic E-state index is 11.9. The molecule has 1 heterocycles. The first kappa shape index (κ1) is 22.8. The van der Waals surface area contributed by atoms with Gasteiger partial charge in [0.25, 0.3) is 0 Å². The first-order valence-electron chi connectivity index (χ1n) is 10.5. The fourth-order valence-corrected chi connectivity index (χ4v) is 3.33. The first-order chi connectivity index (χ1) is 15.5. The molecule has 8 heteroatoms. The molecule has 0 aliphatic rings. The molecule has 0 fully saturated rings. The van der Waals surface area contributed by atoms with Crippen molar-refractivity contribution in [2.75, 3.05) is 31.7 Å². The summed E-state index contributed by atoms with van der Waals surface area (Å²) in [5.74, 6) is -0.498. The van der Waals surface area contributed by atoms with Crippen molar-refractivity contribution < 1.29 is 19.1 Å². The highest BCUT2D eigenvalue weighted by atomic mass is 16.5. The maximum atomic E-state index is 11.9. The number of amides is 2. The fraction of sp³-hybridized carbons (Fsp3) is 0.292. The van der Waals surface area contributed by atoms with E-state index in [4.69, 9.17) is 9.47 Å². The number of nitrogens with one attached hydrogen (secondary N) is 3. The lowest BCUT2D eigenvalue weighted by atomic mass is 10.0. The van der Waals surface area contributed by atoms with E-state index in [-0.39, 0.29) is 13.2 Å². The minimum Gasteiger partial charge on any atom is -0.465 e. The highest BCUT2D eigenvalue weighted by Crippen LogP contribution is 2.31. The molecule has 8 nitrogen and oxygen atoms in total. The van der Waals surface area contributed by atoms with Crippen LogP contribution in [0.2, 0.25) is 0 Å². The van der Waals surface area contributed by atoms with Crippen molar-refractivity contribution in [2.24, 2.45) is 0 Å². The third-order valence-corrected chi connectivity index (χ3v) is 4.84. The molecule has 2 amide bonds. The number of urea groups is 1. The highest BCUT2D eigenvalue weighted by molar-refractivity contribution is 5.95. The number of aromatic amines is 1. The average Bonchev–Trinajstić information content (AvgIpc) is 3.16. The SMILES string of the molecule is CCOCCc1ccc2c(C#N)c(-c3ccc(NC(=O)NCC(=O)OCC)cc3)[nH]c2c1. The Bertz CT molecular complexity index is 1130. The van der Waals surface area contributed by atoms with Crippen LogP contribution in [0.1, 0.15) is 25.0 Å². The minimum atomic E-state index is -0.506. The number of esters is 1. The molecular weight excluding hydrogens is 408 g/mol. The second-order valence-corrected chi connectivity index (χ2v) is 7.00. The van der Waals surface area contributed by atoms with E-state index < -0.39 is 12.0 Å². The standard InChI is InChI=1S/C24H26N4O4/c1-3-31-12-11-16-5-10-19-20(14-25)23(28-21(19)13-16)17-6-8-18(9-7-17)27-24(30)26-15-22(29)32-4-2/h5-10,13,28H,3-4,11-12,15H2,1-2H3,(H2,26,27,30). The van der Waals surface area contributed by atoms with Gasteiger partial charge < -0.3 is 25.1 Å². The number of anilines is 1. The van der Waals surface area contributed by atoms with Gasteiger partial charge in [0.15, 0.2) is 0 Å². The molecule has 0 aliphatic heterocycles. The van der Waals surface area contributed by atoms with Gasteiger partial charge in [-0.3, -0.25) is 4.79 Å². The van der Waals surface area contributed by atoms with Crippen LogP contribution in [0.5, 0.6) is 0 Å². The van der Waals surface area contributed by atoms with Crippen molar-refractivity contribution in [3.05, 3.63) is 53.6 Å². The smallest absolute Gasteiger partial charge is 0.325 e. The summed E-state index contributed by atoms with van der Waals surface area (Å²) in [5.41, 5.74) is 4.71. The van der Waals surface area contributed by atoms with Crippen LogP contribution in [0.15, 0.2) is 42.5 Å². The molecule has 2 aromatic carbocycles. The molecule has 1 aromatic heterocycles. The first-order valence-corrected chi connectivity index (χ1v) is 10.5. The molecule has 32 heavy (non-hydrogen) atoms. The zero-order valence-corrected chi connectivity index (χ0v) is 18.2. The predicted molar refractivity (Wildman–Crippen MR) is 122 cm³/mol. The Kier molecular flexibility index (Phi) is 7.84. The summed E-state index contributed by atoms with van der Waals surface area (Å²) in [6.45, 7) is 5.07. The van der Waals surface area contributed by atoms with Crippen LogP contribution in [0.4, 0.5) is 10.5 Å². The number of nitrogens with zero attached hydrogens (tertiary/aromatic N) is 1. The fourth-order valence-electron chi connectivity index (χ4n) is 3.33. The molecule has 0 atom stereocenters. The van der Waals surface area contributed by atoms with Crippen LogP contribution in [-0.4, -0.2) is 43.3 Å². The van der Waals surface area contributed by atoms with E-state index in [2.05, 4.69) is 21.7 Å². The third kappa shape index (κ3) is 5.65. The van der Waals surface area contributed by atoms with Crippen LogP contribution in [-0.2, 0) is 20.7 Å². The number of H-pyrrole nitrogens is 1. The van der Waals surface area contributed by atoms with Crippen molar-refractivity contribution >= 4 is 28.6 Å². The number of nitriles is 1. The Morgan fingerprint density at radius 1 is 1.09 bits per heavy atom. The van der Waals surface area contributed by atoms with E-state index in [9.17, 15) is 14.9 Å². The molecule has 0 spiro atoms. The lowest BCUT2D eigenvalue weighted by Crippen LogP contribution is -2.34. The minimum absolute atomic E-state index is 0.203. The highest BCUT2D eigenvalue weighted by Gasteiger charge is 2.14. The Balaban J connectivity index is 1.73. The number of hydrogen-bond acceptors (Lipinski definition) is 5. The van der Waals surface area contributed by atoms with Gasteiger partial charge in [0.2, 0.25) is 0 Å². The van der Waals surface area contributed by atoms with Gasteiger partial charge in [-0.15, -0.1) is 0 Å². The van der Waals surface area contributed by atoms with Crippen molar-refractivity contribution in [1.82, 2.24) is 10.3 Å². The van der Waals surface area contributed by atoms with Gasteiger partial charge in [-0.25, -0.2) is 4.79 Å². The summed E-state index contributed by atoms with van der Waals surface area (Å²) in [7, 11) is 0. The Morgan fingerprint density at radius 3 is 2.56 bits per heavy atom. The Morgan fingerprint density at radius 2 is 1.88 bits per heavy atom. The van der Waals surface area contributed by atoms with E-state index in [0.29, 0.717) is 24.5 Å². The largest absolute Gasteiger partial charge is 0.465 e. The maximum Gasteiger partial charge on any atom is 0.325 e. The second kappa shape index (κ2) is 11.0. The average molecular weight is 434 g/mol. The van der Waals surface area contributed by atoms with Crippen LogP contribution < -0.4 is 10.6 Å². The molecule has 3 rings (SSSR count). The number of benzene rings is 2. The van der Waals surface area contributed by atoms with E-state index in [0.717, 1.165) is 34.1 Å². The van der Waals surface area contributed by atoms with Crippen molar-refractivity contribution in [1.29, 1.82) is 5.26 Å². The number of fused-ring (bicyclic) bond motifs is 1. The quantitative estimate of drug-likeness (QED) is 0.348. The number of ether oxygens (including phenoxy) is 2. The summed E-state index contributed by atoms with van der Waals surface area (Å²) in [6, 6.07) is 14.9. The molecule has 0 aliphatic carbocycles. The van der Waals surface area contributed by atoms with E-state index in [1.807, 2.05) is 37.3 Å². The van der Waals surface area contributed by atoms with Gasteiger partial charge in [0.1, 0.15) is 12.6 Å². The molecule has 0 bridgehead atoms. The zero-order valence-electron chi connectivity index (χ0n) is 18.2. The van der Waals surface area contributed by atoms with Crippen molar-refractivity contribution in [2.45, 2.75) is 20.3 Å². The number of rotatable bonds is 9. The summed E-state index contributed by atoms with van der Waals surface area (Å²) in [5, 5.41) is 15.7. The number of carbonyl (C=O) groups excluding carboxylic acids is 2. The van der Waals surface area contributed by atoms with Gasteiger partial charge in [-0.2, -0.15) is 5.26 Å². The van der Waals surface area contributed by atoms with Gasteiger partial charge >= 0.3 is 12.0 Å². The van der Waals surface area contributed by atoms with Crippen LogP contribution >= 0.6 is 0 Å². The zero-order chi connectivity index (χ0) is 22.9. The number of aromatic nitrogens is 1. The number of hydrogen-bond donors (Lipinski definition) is 3. The molecular formula is C24H26N4O4. The monoisotopic (exact) mass is 434 g/mol. The van der Waals surface area contributed by atoms with Crippen molar-refractivity contribution in [3.63, 3.8) is 0 Å². The van der Waals surface area contributed by atoms with Gasteiger partial charge in [0, 0.05) is 23.2 Å². The topological polar surface area (TPSA) is 116 Å². The molecule has 166 valence electrons. The Hall–Kier alpha value is -3.83. The second-order valence-electron chi connectivity index (χ2n) is 7.00. The summed E-state index contributed by atoms with van der Waals surface area (Å²) in [6.07, 6.45) is 0.804. The summed E-state index contributed by atoms with van der Waals surface area (Å²) in [4.78, 5) is 26.6. The normalized spacial score (nSPS) is 10.5. The van der Waals surface area contributed by atoms with Gasteiger partial charge in [-0.1, -0.05) is 24.3 Å². The predicted octanol–water partition coefficient (Wildman–Crippen LogP) is 3.97. The van der Waals surface area contributed by atoms with Crippen molar-refractivity contribution in [3.8, 4) is 17.3 Å². The molecule has 0 unspecified atom stereocenters. The van der Waals surface area contributed by atoms with E-state index in [1.54, 1.807) is 19.1 Å². The lowest BCUT2D eigenvalue weighted by Gasteiger charge is -2.08. The van der Waals surface area contributed by atoms with Gasteiger partial charge in [-0.05, 0) is 49.6 Å². The molecule has 3 aromatic rings. The van der Waals surface area contributed by atoms with Crippen LogP contribution in [0, 0.1) is 11.3 Å². The lowest BCUT2D eigenvalue weighted by molar-refractivity contribution is -0.141. The molecule has 3 N–H and O–H groups in total. The molecule has 0 radical (unpaired) electrons. The van der Waals surface area contributed by atoms with E-state index >= 15 is 0 Å². The van der Waals surface area contributed by atoms with Crippen LogP contribution in [0.3, 0.4) is 0 Å². The summed E-state index contributed by atoms with van der Waals surface area (Å²) < 4.78 is 10.2. The third-order valence-electron chi connectivity index (χ3n) is 4.84. The van der Waals surface area contributed by atoms with E-state index in [1.165, 1.54) is 0 Å². The number of carbonyl (C=O) groups is 2. The summed E-state index contributed by atoms with van der Waals surface area (Å²) >= 11 is 0. The van der Waals surface area contributed by atoms with Crippen LogP contribution in [0.25, 0.3) is 22.2 Å². The molecule has 0 saturated carbocycles. The molecule has 0 saturated heterocycles. The van der Waals surface area contributed by atoms with Gasteiger partial charge in [0.05, 0.1) is 24.5 Å².